The van der Waals surface area contributed by atoms with Gasteiger partial charge in [0.05, 0.1) is 29.5 Å². The highest BCUT2D eigenvalue weighted by atomic mass is 16.1. The van der Waals surface area contributed by atoms with Gasteiger partial charge in [-0.05, 0) is 42.7 Å². The Morgan fingerprint density at radius 1 is 1.23 bits per heavy atom. The molecule has 0 spiro atoms. The van der Waals surface area contributed by atoms with Crippen molar-refractivity contribution in [1.82, 2.24) is 24.9 Å². The first-order chi connectivity index (χ1) is 15.1. The predicted octanol–water partition coefficient (Wildman–Crippen LogP) is 1.94. The largest absolute Gasteiger partial charge is 0.382 e. The van der Waals surface area contributed by atoms with Crippen LogP contribution in [0.3, 0.4) is 0 Å². The Morgan fingerprint density at radius 3 is 2.87 bits per heavy atom. The lowest BCUT2D eigenvalue weighted by atomic mass is 10.1. The number of benzene rings is 1. The van der Waals surface area contributed by atoms with E-state index < -0.39 is 0 Å². The number of pyridine rings is 1. The van der Waals surface area contributed by atoms with E-state index in [9.17, 15) is 4.79 Å². The fraction of sp³-hybridized carbons (Fsp3) is 0.143. The number of anilines is 1. The van der Waals surface area contributed by atoms with E-state index >= 15 is 0 Å². The number of hydrogen-bond acceptors (Lipinski definition) is 6. The van der Waals surface area contributed by atoms with Crippen molar-refractivity contribution in [2.24, 2.45) is 16.7 Å². The molecule has 0 aliphatic heterocycles. The van der Waals surface area contributed by atoms with Gasteiger partial charge in [0.25, 0.3) is 5.91 Å². The molecule has 1 aliphatic rings. The molecule has 31 heavy (non-hydrogen) atoms. The first kappa shape index (κ1) is 18.8. The van der Waals surface area contributed by atoms with Gasteiger partial charge in [-0.2, -0.15) is 10.2 Å². The Balaban J connectivity index is 1.39. The van der Waals surface area contributed by atoms with Crippen LogP contribution >= 0.6 is 0 Å². The summed E-state index contributed by atoms with van der Waals surface area (Å²) in [4.78, 5) is 13.0. The van der Waals surface area contributed by atoms with E-state index in [4.69, 9.17) is 11.6 Å². The van der Waals surface area contributed by atoms with Gasteiger partial charge < -0.3 is 11.1 Å². The maximum Gasteiger partial charge on any atom is 0.259 e. The van der Waals surface area contributed by atoms with Crippen LogP contribution in [0.15, 0.2) is 66.3 Å². The second-order valence-electron chi connectivity index (χ2n) is 7.42. The molecule has 1 saturated carbocycles. The summed E-state index contributed by atoms with van der Waals surface area (Å²) in [6.07, 6.45) is 8.92. The van der Waals surface area contributed by atoms with Crippen molar-refractivity contribution in [3.05, 3.63) is 72.3 Å². The number of amidine groups is 1. The Kier molecular flexibility index (Phi) is 4.60. The van der Waals surface area contributed by atoms with E-state index in [0.29, 0.717) is 28.2 Å². The Bertz CT molecular complexity index is 1270. The van der Waals surface area contributed by atoms with Gasteiger partial charge >= 0.3 is 0 Å². The number of rotatable bonds is 6. The second-order valence-corrected chi connectivity index (χ2v) is 7.42. The third-order valence-corrected chi connectivity index (χ3v) is 5.16. The number of hydrazine groups is 1. The molecule has 3 aromatic heterocycles. The molecular formula is C21H21N9O. The summed E-state index contributed by atoms with van der Waals surface area (Å²) in [6, 6.07) is 11.3. The fourth-order valence-corrected chi connectivity index (χ4v) is 3.30. The number of amides is 1. The van der Waals surface area contributed by atoms with E-state index in [2.05, 4.69) is 25.7 Å². The molecule has 10 heteroatoms. The van der Waals surface area contributed by atoms with E-state index in [1.807, 2.05) is 24.4 Å². The van der Waals surface area contributed by atoms with Crippen molar-refractivity contribution in [1.29, 1.82) is 0 Å². The SMILES string of the molecule is N/C(=N\N(N)C1CC1)c1cccc(NC(=O)c2cnn3ccc(-c4cn[nH]c4)cc23)c1. The van der Waals surface area contributed by atoms with E-state index in [1.165, 1.54) is 5.12 Å². The van der Waals surface area contributed by atoms with E-state index in [1.54, 1.807) is 41.3 Å². The average Bonchev–Trinajstić information content (AvgIpc) is 3.31. The summed E-state index contributed by atoms with van der Waals surface area (Å²) in [6.45, 7) is 0. The number of carbonyl (C=O) groups is 1. The molecule has 6 N–H and O–H groups in total. The van der Waals surface area contributed by atoms with Crippen molar-refractivity contribution in [2.75, 3.05) is 5.32 Å². The van der Waals surface area contributed by atoms with Gasteiger partial charge in [0, 0.05) is 29.2 Å². The molecule has 0 unspecified atom stereocenters. The third-order valence-electron chi connectivity index (χ3n) is 5.16. The van der Waals surface area contributed by atoms with Crippen LogP contribution in [-0.4, -0.2) is 42.7 Å². The molecule has 156 valence electrons. The Hall–Kier alpha value is -4.18. The summed E-state index contributed by atoms with van der Waals surface area (Å²) >= 11 is 0. The normalized spacial score (nSPS) is 14.0. The molecular weight excluding hydrogens is 394 g/mol. The zero-order chi connectivity index (χ0) is 21.4. The first-order valence-corrected chi connectivity index (χ1v) is 9.85. The van der Waals surface area contributed by atoms with Crippen molar-refractivity contribution in [2.45, 2.75) is 18.9 Å². The van der Waals surface area contributed by atoms with Crippen molar-refractivity contribution in [3.63, 3.8) is 0 Å². The van der Waals surface area contributed by atoms with Crippen LogP contribution in [0, 0.1) is 0 Å². The maximum absolute atomic E-state index is 13.0. The Labute approximate surface area is 177 Å². The lowest BCUT2D eigenvalue weighted by Gasteiger charge is -2.12. The molecule has 1 aromatic carbocycles. The number of hydrogen-bond donors (Lipinski definition) is 4. The summed E-state index contributed by atoms with van der Waals surface area (Å²) in [7, 11) is 0. The van der Waals surface area contributed by atoms with Gasteiger partial charge in [-0.3, -0.25) is 9.89 Å². The molecule has 1 amide bonds. The number of nitrogens with two attached hydrogens (primary N) is 2. The van der Waals surface area contributed by atoms with Gasteiger partial charge in [0.1, 0.15) is 0 Å². The topological polar surface area (TPSA) is 143 Å². The number of nitrogens with one attached hydrogen (secondary N) is 2. The summed E-state index contributed by atoms with van der Waals surface area (Å²) in [5.74, 6) is 5.91. The zero-order valence-corrected chi connectivity index (χ0v) is 16.6. The van der Waals surface area contributed by atoms with Crippen molar-refractivity contribution in [3.8, 4) is 11.1 Å². The minimum Gasteiger partial charge on any atom is -0.382 e. The number of hydrazone groups is 1. The second kappa shape index (κ2) is 7.58. The van der Waals surface area contributed by atoms with Crippen molar-refractivity contribution >= 4 is 22.9 Å². The van der Waals surface area contributed by atoms with Gasteiger partial charge in [-0.15, -0.1) is 5.10 Å². The van der Waals surface area contributed by atoms with Crippen LogP contribution in [0.2, 0.25) is 0 Å². The molecule has 10 nitrogen and oxygen atoms in total. The number of nitrogens with zero attached hydrogens (tertiary/aromatic N) is 5. The number of aromatic nitrogens is 4. The number of H-pyrrole nitrogens is 1. The minimum absolute atomic E-state index is 0.254. The zero-order valence-electron chi connectivity index (χ0n) is 16.6. The lowest BCUT2D eigenvalue weighted by molar-refractivity contribution is 0.102. The van der Waals surface area contributed by atoms with Crippen LogP contribution in [0.1, 0.15) is 28.8 Å². The molecule has 0 radical (unpaired) electrons. The molecule has 0 saturated heterocycles. The quantitative estimate of drug-likeness (QED) is 0.164. The average molecular weight is 415 g/mol. The van der Waals surface area contributed by atoms with Crippen LogP contribution in [0.5, 0.6) is 0 Å². The third kappa shape index (κ3) is 3.83. The maximum atomic E-state index is 13.0. The van der Waals surface area contributed by atoms with Crippen molar-refractivity contribution < 1.29 is 4.79 Å². The summed E-state index contributed by atoms with van der Waals surface area (Å²) < 4.78 is 1.66. The minimum atomic E-state index is -0.273. The first-order valence-electron chi connectivity index (χ1n) is 9.85. The summed E-state index contributed by atoms with van der Waals surface area (Å²) in [5, 5.41) is 19.6. The highest BCUT2D eigenvalue weighted by Crippen LogP contribution is 2.25. The van der Waals surface area contributed by atoms with Crippen LogP contribution in [0.25, 0.3) is 16.6 Å². The molecule has 3 heterocycles. The van der Waals surface area contributed by atoms with Crippen LogP contribution in [0.4, 0.5) is 5.69 Å². The molecule has 5 rings (SSSR count). The van der Waals surface area contributed by atoms with E-state index in [-0.39, 0.29) is 11.9 Å². The van der Waals surface area contributed by atoms with E-state index in [0.717, 1.165) is 24.0 Å². The monoisotopic (exact) mass is 415 g/mol. The molecule has 1 fully saturated rings. The number of carbonyl (C=O) groups excluding carboxylic acids is 1. The molecule has 1 aliphatic carbocycles. The smallest absolute Gasteiger partial charge is 0.259 e. The standard InChI is InChI=1S/C21H21N9O/c22-20(28-30(23)17-4-5-17)14-2-1-3-16(8-14)27-21(31)18-12-26-29-7-6-13(9-19(18)29)15-10-24-25-11-15/h1-3,6-12,17H,4-5,23H2,(H2,22,28)(H,24,25)(H,27,31). The van der Waals surface area contributed by atoms with Gasteiger partial charge in [-0.25, -0.2) is 15.5 Å². The number of aromatic amines is 1. The molecule has 0 bridgehead atoms. The molecule has 4 aromatic rings. The highest BCUT2D eigenvalue weighted by molar-refractivity contribution is 6.09. The van der Waals surface area contributed by atoms with Gasteiger partial charge in [0.2, 0.25) is 0 Å². The van der Waals surface area contributed by atoms with Crippen LogP contribution < -0.4 is 16.9 Å². The number of fused-ring (bicyclic) bond motifs is 1. The van der Waals surface area contributed by atoms with Gasteiger partial charge in [0.15, 0.2) is 5.84 Å². The Morgan fingerprint density at radius 2 is 2.10 bits per heavy atom. The van der Waals surface area contributed by atoms with Gasteiger partial charge in [-0.1, -0.05) is 12.1 Å². The lowest BCUT2D eigenvalue weighted by Crippen LogP contribution is -2.31. The predicted molar refractivity (Wildman–Crippen MR) is 117 cm³/mol. The summed E-state index contributed by atoms with van der Waals surface area (Å²) in [5.41, 5.74) is 10.4. The fourth-order valence-electron chi connectivity index (χ4n) is 3.30. The van der Waals surface area contributed by atoms with Crippen LogP contribution in [-0.2, 0) is 0 Å². The molecule has 0 atom stereocenters. The highest BCUT2D eigenvalue weighted by Gasteiger charge is 2.26.